The minimum atomic E-state index is -0.256. The van der Waals surface area contributed by atoms with Gasteiger partial charge in [0.1, 0.15) is 18.7 Å². The summed E-state index contributed by atoms with van der Waals surface area (Å²) in [6, 6.07) is -0.256. The monoisotopic (exact) mass is 278 g/mol. The van der Waals surface area contributed by atoms with E-state index in [1.165, 1.54) is 25.6 Å². The highest BCUT2D eigenvalue weighted by Crippen LogP contribution is 2.38. The highest BCUT2D eigenvalue weighted by molar-refractivity contribution is 5.79. The molecule has 0 radical (unpaired) electrons. The maximum absolute atomic E-state index is 12.6. The lowest BCUT2D eigenvalue weighted by Gasteiger charge is -2.30. The molecule has 1 atom stereocenters. The smallest absolute Gasteiger partial charge is 0.247 e. The van der Waals surface area contributed by atoms with E-state index in [2.05, 4.69) is 23.9 Å². The number of carbonyl (C=O) groups excluding carboxylic acids is 1. The molecule has 112 valence electrons. The molecule has 0 bridgehead atoms. The Labute approximate surface area is 121 Å². The highest BCUT2D eigenvalue weighted by Gasteiger charge is 2.32. The first-order chi connectivity index (χ1) is 9.62. The number of likely N-dealkylation sites (tertiary alicyclic amines) is 1. The van der Waals surface area contributed by atoms with Crippen LogP contribution in [-0.2, 0) is 4.79 Å². The van der Waals surface area contributed by atoms with Crippen LogP contribution in [0, 0.1) is 5.41 Å². The predicted octanol–water partition coefficient (Wildman–Crippen LogP) is 2.66. The Hall–Kier alpha value is -1.39. The maximum atomic E-state index is 12.6. The van der Waals surface area contributed by atoms with Crippen LogP contribution in [0.3, 0.4) is 0 Å². The Morgan fingerprint density at radius 1 is 1.30 bits per heavy atom. The summed E-state index contributed by atoms with van der Waals surface area (Å²) in [5.41, 5.74) is 0.436. The number of hydrogen-bond donors (Lipinski definition) is 0. The first-order valence-corrected chi connectivity index (χ1v) is 7.75. The second-order valence-corrected chi connectivity index (χ2v) is 5.94. The van der Waals surface area contributed by atoms with Gasteiger partial charge in [0.15, 0.2) is 0 Å². The van der Waals surface area contributed by atoms with E-state index in [0.717, 1.165) is 25.9 Å². The molecule has 2 heterocycles. The van der Waals surface area contributed by atoms with E-state index >= 15 is 0 Å². The summed E-state index contributed by atoms with van der Waals surface area (Å²) < 4.78 is 1.64. The Morgan fingerprint density at radius 2 is 2.05 bits per heavy atom. The van der Waals surface area contributed by atoms with Gasteiger partial charge in [-0.25, -0.2) is 9.67 Å². The SMILES string of the molecule is CCC1(CC)CCCN(C(=O)C(C)n2cncn2)CC1. The van der Waals surface area contributed by atoms with Crippen molar-refractivity contribution >= 4 is 5.91 Å². The lowest BCUT2D eigenvalue weighted by atomic mass is 9.76. The molecule has 1 saturated heterocycles. The van der Waals surface area contributed by atoms with Gasteiger partial charge in [-0.1, -0.05) is 26.7 Å². The minimum Gasteiger partial charge on any atom is -0.341 e. The molecule has 1 aliphatic heterocycles. The zero-order chi connectivity index (χ0) is 14.6. The Bertz CT molecular complexity index is 425. The Balaban J connectivity index is 2.01. The first kappa shape index (κ1) is 15.0. The highest BCUT2D eigenvalue weighted by atomic mass is 16.2. The van der Waals surface area contributed by atoms with E-state index in [0.29, 0.717) is 5.41 Å². The minimum absolute atomic E-state index is 0.165. The average molecular weight is 278 g/mol. The second kappa shape index (κ2) is 6.37. The third-order valence-electron chi connectivity index (χ3n) is 5.05. The van der Waals surface area contributed by atoms with Gasteiger partial charge in [-0.2, -0.15) is 5.10 Å². The normalized spacial score (nSPS) is 20.4. The van der Waals surface area contributed by atoms with Crippen molar-refractivity contribution in [2.45, 2.75) is 58.9 Å². The molecule has 20 heavy (non-hydrogen) atoms. The number of aromatic nitrogens is 3. The van der Waals surface area contributed by atoms with Crippen LogP contribution in [0.25, 0.3) is 0 Å². The molecule has 1 aliphatic rings. The first-order valence-electron chi connectivity index (χ1n) is 7.75. The molecule has 1 amide bonds. The number of nitrogens with zero attached hydrogens (tertiary/aromatic N) is 4. The summed E-state index contributed by atoms with van der Waals surface area (Å²) >= 11 is 0. The summed E-state index contributed by atoms with van der Waals surface area (Å²) in [6.07, 6.45) is 8.98. The van der Waals surface area contributed by atoms with Gasteiger partial charge in [-0.05, 0) is 31.6 Å². The average Bonchev–Trinajstić information content (AvgIpc) is 2.93. The molecule has 1 unspecified atom stereocenters. The van der Waals surface area contributed by atoms with Crippen LogP contribution in [0.2, 0.25) is 0 Å². The lowest BCUT2D eigenvalue weighted by molar-refractivity contribution is -0.134. The fraction of sp³-hybridized carbons (Fsp3) is 0.800. The molecule has 5 nitrogen and oxygen atoms in total. The fourth-order valence-corrected chi connectivity index (χ4v) is 3.23. The van der Waals surface area contributed by atoms with Crippen molar-refractivity contribution in [3.8, 4) is 0 Å². The molecule has 1 aromatic heterocycles. The van der Waals surface area contributed by atoms with Crippen LogP contribution in [0.4, 0.5) is 0 Å². The van der Waals surface area contributed by atoms with Gasteiger partial charge < -0.3 is 4.90 Å². The Kier molecular flexibility index (Phi) is 4.78. The van der Waals surface area contributed by atoms with E-state index in [4.69, 9.17) is 0 Å². The topological polar surface area (TPSA) is 51.0 Å². The van der Waals surface area contributed by atoms with Gasteiger partial charge in [0, 0.05) is 13.1 Å². The van der Waals surface area contributed by atoms with E-state index in [1.807, 2.05) is 11.8 Å². The van der Waals surface area contributed by atoms with Crippen molar-refractivity contribution in [2.75, 3.05) is 13.1 Å². The number of hydrogen-bond acceptors (Lipinski definition) is 3. The predicted molar refractivity (Wildman–Crippen MR) is 78.2 cm³/mol. The van der Waals surface area contributed by atoms with Crippen LogP contribution in [-0.4, -0.2) is 38.7 Å². The van der Waals surface area contributed by atoms with Crippen molar-refractivity contribution in [3.05, 3.63) is 12.7 Å². The van der Waals surface area contributed by atoms with E-state index < -0.39 is 0 Å². The van der Waals surface area contributed by atoms with Crippen molar-refractivity contribution in [1.82, 2.24) is 19.7 Å². The van der Waals surface area contributed by atoms with Gasteiger partial charge in [-0.15, -0.1) is 0 Å². The van der Waals surface area contributed by atoms with Gasteiger partial charge in [0.2, 0.25) is 5.91 Å². The van der Waals surface area contributed by atoms with E-state index in [-0.39, 0.29) is 11.9 Å². The third-order valence-corrected chi connectivity index (χ3v) is 5.05. The zero-order valence-corrected chi connectivity index (χ0v) is 12.9. The van der Waals surface area contributed by atoms with Gasteiger partial charge in [0.25, 0.3) is 0 Å². The van der Waals surface area contributed by atoms with Crippen molar-refractivity contribution < 1.29 is 4.79 Å². The fourth-order valence-electron chi connectivity index (χ4n) is 3.23. The maximum Gasteiger partial charge on any atom is 0.247 e. The van der Waals surface area contributed by atoms with Crippen LogP contribution >= 0.6 is 0 Å². The van der Waals surface area contributed by atoms with E-state index in [9.17, 15) is 4.79 Å². The third kappa shape index (κ3) is 3.02. The number of carbonyl (C=O) groups is 1. The largest absolute Gasteiger partial charge is 0.341 e. The van der Waals surface area contributed by atoms with Crippen molar-refractivity contribution in [1.29, 1.82) is 0 Å². The summed E-state index contributed by atoms with van der Waals surface area (Å²) in [7, 11) is 0. The number of rotatable bonds is 4. The molecule has 2 rings (SSSR count). The summed E-state index contributed by atoms with van der Waals surface area (Å²) in [4.78, 5) is 18.5. The summed E-state index contributed by atoms with van der Waals surface area (Å²) in [6.45, 7) is 8.20. The molecule has 0 saturated carbocycles. The lowest BCUT2D eigenvalue weighted by Crippen LogP contribution is -2.37. The van der Waals surface area contributed by atoms with Crippen LogP contribution < -0.4 is 0 Å². The van der Waals surface area contributed by atoms with Crippen LogP contribution in [0.5, 0.6) is 0 Å². The second-order valence-electron chi connectivity index (χ2n) is 5.94. The molecule has 0 aromatic carbocycles. The molecule has 5 heteroatoms. The van der Waals surface area contributed by atoms with Crippen molar-refractivity contribution in [2.24, 2.45) is 5.41 Å². The van der Waals surface area contributed by atoms with Gasteiger partial charge in [0.05, 0.1) is 0 Å². The van der Waals surface area contributed by atoms with E-state index in [1.54, 1.807) is 11.0 Å². The summed E-state index contributed by atoms with van der Waals surface area (Å²) in [5, 5.41) is 4.07. The van der Waals surface area contributed by atoms with Crippen LogP contribution in [0.15, 0.2) is 12.7 Å². The quantitative estimate of drug-likeness (QED) is 0.850. The molecular formula is C15H26N4O. The number of amides is 1. The molecule has 0 N–H and O–H groups in total. The molecule has 1 aromatic rings. The van der Waals surface area contributed by atoms with Crippen molar-refractivity contribution in [3.63, 3.8) is 0 Å². The molecule has 1 fully saturated rings. The summed E-state index contributed by atoms with van der Waals surface area (Å²) in [5.74, 6) is 0.165. The van der Waals surface area contributed by atoms with Gasteiger partial charge in [-0.3, -0.25) is 4.79 Å². The molecular weight excluding hydrogens is 252 g/mol. The standard InChI is InChI=1S/C15H26N4O/c1-4-15(5-2)7-6-9-18(10-8-15)14(20)13(3)19-12-16-11-17-19/h11-13H,4-10H2,1-3H3. The van der Waals surface area contributed by atoms with Gasteiger partial charge >= 0.3 is 0 Å². The molecule has 0 spiro atoms. The van der Waals surface area contributed by atoms with Crippen LogP contribution in [0.1, 0.15) is 58.9 Å². The Morgan fingerprint density at radius 3 is 2.65 bits per heavy atom. The molecule has 0 aliphatic carbocycles. The zero-order valence-electron chi connectivity index (χ0n) is 12.9.